The van der Waals surface area contributed by atoms with Crippen LogP contribution in [-0.4, -0.2) is 42.3 Å². The molecule has 1 aromatic carbocycles. The summed E-state index contributed by atoms with van der Waals surface area (Å²) in [7, 11) is 0. The number of benzene rings is 1. The van der Waals surface area contributed by atoms with Crippen molar-refractivity contribution in [2.75, 3.05) is 25.0 Å². The molecule has 0 aromatic heterocycles. The first-order chi connectivity index (χ1) is 10.8. The van der Waals surface area contributed by atoms with E-state index in [4.69, 9.17) is 11.6 Å². The number of nitrogens with zero attached hydrogens (tertiary/aromatic N) is 1. The van der Waals surface area contributed by atoms with Gasteiger partial charge in [-0.3, -0.25) is 0 Å². The molecule has 1 aliphatic rings. The van der Waals surface area contributed by atoms with E-state index in [1.54, 1.807) is 4.90 Å². The minimum atomic E-state index is -2.99. The van der Waals surface area contributed by atoms with Gasteiger partial charge in [0.2, 0.25) is 0 Å². The molecule has 0 radical (unpaired) electrons. The highest BCUT2D eigenvalue weighted by Crippen LogP contribution is 2.31. The third-order valence-corrected chi connectivity index (χ3v) is 4.16. The third kappa shape index (κ3) is 4.68. The lowest BCUT2D eigenvalue weighted by molar-refractivity contribution is -0.0497. The number of rotatable bonds is 4. The molecular weight excluding hydrogens is 330 g/mol. The van der Waals surface area contributed by atoms with Crippen LogP contribution in [0.2, 0.25) is 5.02 Å². The number of ether oxygens (including phenoxy) is 1. The van der Waals surface area contributed by atoms with Crippen LogP contribution in [0, 0.1) is 5.41 Å². The number of likely N-dealkylation sites (tertiary alicyclic amines) is 1. The Bertz CT molecular complexity index is 574. The SMILES string of the molecule is CC1(CO)CCCN(C(=O)Nc2ccc(Cl)c(OC(F)F)c2)C1. The molecule has 1 saturated heterocycles. The molecule has 1 aromatic rings. The normalized spacial score (nSPS) is 21.4. The Hall–Kier alpha value is -1.60. The van der Waals surface area contributed by atoms with Crippen molar-refractivity contribution in [1.82, 2.24) is 4.90 Å². The lowest BCUT2D eigenvalue weighted by Crippen LogP contribution is -2.47. The standard InChI is InChI=1S/C15H19ClF2N2O3/c1-15(9-21)5-2-6-20(8-15)14(22)19-10-3-4-11(16)12(7-10)23-13(17)18/h3-4,7,13,21H,2,5-6,8-9H2,1H3,(H,19,22). The fourth-order valence-corrected chi connectivity index (χ4v) is 2.75. The maximum atomic E-state index is 12.3. The number of hydrogen-bond donors (Lipinski definition) is 2. The van der Waals surface area contributed by atoms with E-state index in [9.17, 15) is 18.7 Å². The number of alkyl halides is 2. The van der Waals surface area contributed by atoms with Gasteiger partial charge < -0.3 is 20.1 Å². The summed E-state index contributed by atoms with van der Waals surface area (Å²) in [6.07, 6.45) is 1.64. The fourth-order valence-electron chi connectivity index (χ4n) is 2.59. The van der Waals surface area contributed by atoms with Gasteiger partial charge in [0.25, 0.3) is 0 Å². The van der Waals surface area contributed by atoms with E-state index in [-0.39, 0.29) is 28.8 Å². The van der Waals surface area contributed by atoms with Crippen LogP contribution in [0.15, 0.2) is 18.2 Å². The highest BCUT2D eigenvalue weighted by atomic mass is 35.5. The Morgan fingerprint density at radius 1 is 1.57 bits per heavy atom. The van der Waals surface area contributed by atoms with Gasteiger partial charge in [-0.1, -0.05) is 18.5 Å². The van der Waals surface area contributed by atoms with E-state index in [1.165, 1.54) is 18.2 Å². The number of urea groups is 1. The van der Waals surface area contributed by atoms with Crippen molar-refractivity contribution in [3.05, 3.63) is 23.2 Å². The zero-order valence-electron chi connectivity index (χ0n) is 12.7. The highest BCUT2D eigenvalue weighted by Gasteiger charge is 2.32. The van der Waals surface area contributed by atoms with E-state index in [2.05, 4.69) is 10.1 Å². The Balaban J connectivity index is 2.05. The molecule has 0 aliphatic carbocycles. The van der Waals surface area contributed by atoms with Crippen LogP contribution in [0.25, 0.3) is 0 Å². The highest BCUT2D eigenvalue weighted by molar-refractivity contribution is 6.32. The topological polar surface area (TPSA) is 61.8 Å². The minimum absolute atomic E-state index is 0.00407. The van der Waals surface area contributed by atoms with Crippen LogP contribution in [0.5, 0.6) is 5.75 Å². The molecule has 2 amide bonds. The van der Waals surface area contributed by atoms with Crippen molar-refractivity contribution >= 4 is 23.3 Å². The molecule has 0 saturated carbocycles. The Kier molecular flexibility index (Phi) is 5.64. The number of halogens is 3. The number of anilines is 1. The molecule has 0 bridgehead atoms. The predicted octanol–water partition coefficient (Wildman–Crippen LogP) is 3.57. The number of carbonyl (C=O) groups is 1. The number of aliphatic hydroxyl groups is 1. The van der Waals surface area contributed by atoms with Gasteiger partial charge in [0.1, 0.15) is 5.75 Å². The van der Waals surface area contributed by atoms with Crippen molar-refractivity contribution in [2.45, 2.75) is 26.4 Å². The molecule has 128 valence electrons. The molecule has 0 spiro atoms. The molecule has 8 heteroatoms. The first-order valence-electron chi connectivity index (χ1n) is 7.24. The van der Waals surface area contributed by atoms with Gasteiger partial charge in [-0.25, -0.2) is 4.79 Å². The van der Waals surface area contributed by atoms with Crippen LogP contribution < -0.4 is 10.1 Å². The summed E-state index contributed by atoms with van der Waals surface area (Å²) in [6.45, 7) is -0.0580. The van der Waals surface area contributed by atoms with E-state index in [0.717, 1.165) is 12.8 Å². The van der Waals surface area contributed by atoms with E-state index < -0.39 is 6.61 Å². The number of nitrogens with one attached hydrogen (secondary N) is 1. The molecule has 1 fully saturated rings. The summed E-state index contributed by atoms with van der Waals surface area (Å²) < 4.78 is 28.9. The first kappa shape index (κ1) is 17.7. The number of aliphatic hydroxyl groups excluding tert-OH is 1. The van der Waals surface area contributed by atoms with Crippen LogP contribution in [0.3, 0.4) is 0 Å². The summed E-state index contributed by atoms with van der Waals surface area (Å²) >= 11 is 5.77. The lowest BCUT2D eigenvalue weighted by atomic mass is 9.83. The molecule has 1 atom stereocenters. The van der Waals surface area contributed by atoms with Crippen LogP contribution in [-0.2, 0) is 0 Å². The summed E-state index contributed by atoms with van der Waals surface area (Å²) in [5.74, 6) is -0.196. The van der Waals surface area contributed by atoms with Crippen molar-refractivity contribution < 1.29 is 23.4 Å². The largest absolute Gasteiger partial charge is 0.433 e. The second-order valence-corrected chi connectivity index (χ2v) is 6.35. The fraction of sp³-hybridized carbons (Fsp3) is 0.533. The second kappa shape index (κ2) is 7.31. The van der Waals surface area contributed by atoms with Crippen molar-refractivity contribution in [3.8, 4) is 5.75 Å². The Labute approximate surface area is 138 Å². The van der Waals surface area contributed by atoms with Gasteiger partial charge in [-0.2, -0.15) is 8.78 Å². The predicted molar refractivity (Wildman–Crippen MR) is 83.1 cm³/mol. The molecule has 2 N–H and O–H groups in total. The van der Waals surface area contributed by atoms with Gasteiger partial charge in [0.05, 0.1) is 11.6 Å². The van der Waals surface area contributed by atoms with Gasteiger partial charge >= 0.3 is 12.6 Å². The van der Waals surface area contributed by atoms with Crippen LogP contribution in [0.1, 0.15) is 19.8 Å². The van der Waals surface area contributed by atoms with Crippen molar-refractivity contribution in [3.63, 3.8) is 0 Å². The molecule has 23 heavy (non-hydrogen) atoms. The quantitative estimate of drug-likeness (QED) is 0.874. The average Bonchev–Trinajstić information content (AvgIpc) is 2.50. The van der Waals surface area contributed by atoms with Gasteiger partial charge in [-0.15, -0.1) is 0 Å². The maximum absolute atomic E-state index is 12.3. The molecule has 1 heterocycles. The van der Waals surface area contributed by atoms with E-state index in [1.807, 2.05) is 6.92 Å². The average molecular weight is 349 g/mol. The zero-order valence-corrected chi connectivity index (χ0v) is 13.4. The molecule has 1 unspecified atom stereocenters. The summed E-state index contributed by atoms with van der Waals surface area (Å²) in [5.41, 5.74) is -0.00850. The monoisotopic (exact) mass is 348 g/mol. The van der Waals surface area contributed by atoms with Gasteiger partial charge in [0, 0.05) is 30.3 Å². The summed E-state index contributed by atoms with van der Waals surface area (Å²) in [5, 5.41) is 12.1. The number of amides is 2. The zero-order chi connectivity index (χ0) is 17.0. The second-order valence-electron chi connectivity index (χ2n) is 5.95. The van der Waals surface area contributed by atoms with Gasteiger partial charge in [0.15, 0.2) is 0 Å². The summed E-state index contributed by atoms with van der Waals surface area (Å²) in [6, 6.07) is 3.79. The van der Waals surface area contributed by atoms with Crippen LogP contribution >= 0.6 is 11.6 Å². The molecule has 5 nitrogen and oxygen atoms in total. The first-order valence-corrected chi connectivity index (χ1v) is 7.62. The van der Waals surface area contributed by atoms with Crippen LogP contribution in [0.4, 0.5) is 19.3 Å². The minimum Gasteiger partial charge on any atom is -0.433 e. The van der Waals surface area contributed by atoms with Gasteiger partial charge in [-0.05, 0) is 25.0 Å². The van der Waals surface area contributed by atoms with E-state index in [0.29, 0.717) is 18.8 Å². The number of carbonyl (C=O) groups excluding carboxylic acids is 1. The summed E-state index contributed by atoms with van der Waals surface area (Å²) in [4.78, 5) is 13.9. The molecular formula is C15H19ClF2N2O3. The smallest absolute Gasteiger partial charge is 0.387 e. The third-order valence-electron chi connectivity index (χ3n) is 3.85. The van der Waals surface area contributed by atoms with Crippen molar-refractivity contribution in [2.24, 2.45) is 5.41 Å². The van der Waals surface area contributed by atoms with E-state index >= 15 is 0 Å². The number of hydrogen-bond acceptors (Lipinski definition) is 3. The Morgan fingerprint density at radius 2 is 2.30 bits per heavy atom. The number of piperidine rings is 1. The Morgan fingerprint density at radius 3 is 2.96 bits per heavy atom. The lowest BCUT2D eigenvalue weighted by Gasteiger charge is -2.39. The van der Waals surface area contributed by atoms with Crippen molar-refractivity contribution in [1.29, 1.82) is 0 Å². The molecule has 2 rings (SSSR count). The maximum Gasteiger partial charge on any atom is 0.387 e. The molecule has 1 aliphatic heterocycles.